The summed E-state index contributed by atoms with van der Waals surface area (Å²) in [7, 11) is 1.59. The molecule has 0 amide bonds. The van der Waals surface area contributed by atoms with Gasteiger partial charge in [-0.15, -0.1) is 16.4 Å². The number of aromatic hydroxyl groups is 1. The van der Waals surface area contributed by atoms with E-state index in [4.69, 9.17) is 9.47 Å². The summed E-state index contributed by atoms with van der Waals surface area (Å²) in [4.78, 5) is 5.22. The summed E-state index contributed by atoms with van der Waals surface area (Å²) >= 11 is 1.46. The Morgan fingerprint density at radius 1 is 1.12 bits per heavy atom. The van der Waals surface area contributed by atoms with Crippen LogP contribution in [0.3, 0.4) is 0 Å². The summed E-state index contributed by atoms with van der Waals surface area (Å²) in [5.41, 5.74) is 1.40. The van der Waals surface area contributed by atoms with Gasteiger partial charge in [0, 0.05) is 10.9 Å². The fourth-order valence-electron chi connectivity index (χ4n) is 2.48. The van der Waals surface area contributed by atoms with Gasteiger partial charge in [-0.25, -0.2) is 4.52 Å². The Bertz CT molecular complexity index is 1010. The molecule has 126 valence electrons. The van der Waals surface area contributed by atoms with Gasteiger partial charge in [0.15, 0.2) is 5.82 Å². The number of hydrogen-bond acceptors (Lipinski definition) is 6. The van der Waals surface area contributed by atoms with Crippen LogP contribution in [0.25, 0.3) is 16.2 Å². The minimum atomic E-state index is 0.165. The Morgan fingerprint density at radius 3 is 2.76 bits per heavy atom. The second-order valence-corrected chi connectivity index (χ2v) is 6.16. The smallest absolute Gasteiger partial charge is 0.212 e. The molecule has 2 aromatic heterocycles. The monoisotopic (exact) mass is 353 g/mol. The zero-order valence-corrected chi connectivity index (χ0v) is 14.2. The first-order valence-electron chi connectivity index (χ1n) is 7.63. The molecule has 0 atom stereocenters. The number of rotatable bonds is 5. The Balaban J connectivity index is 1.65. The summed E-state index contributed by atoms with van der Waals surface area (Å²) in [6.07, 6.45) is 0. The van der Waals surface area contributed by atoms with E-state index in [0.717, 1.165) is 16.4 Å². The average Bonchev–Trinajstić information content (AvgIpc) is 3.22. The van der Waals surface area contributed by atoms with E-state index in [9.17, 15) is 5.11 Å². The van der Waals surface area contributed by atoms with Gasteiger partial charge < -0.3 is 14.6 Å². The van der Waals surface area contributed by atoms with Crippen LogP contribution < -0.4 is 9.47 Å². The minimum Gasteiger partial charge on any atom is -0.507 e. The summed E-state index contributed by atoms with van der Waals surface area (Å²) in [6.45, 7) is 0.280. The van der Waals surface area contributed by atoms with Gasteiger partial charge >= 0.3 is 0 Å². The van der Waals surface area contributed by atoms with Crippen molar-refractivity contribution in [3.63, 3.8) is 0 Å². The zero-order valence-electron chi connectivity index (χ0n) is 13.4. The highest BCUT2D eigenvalue weighted by atomic mass is 32.1. The minimum absolute atomic E-state index is 0.165. The highest BCUT2D eigenvalue weighted by Crippen LogP contribution is 2.34. The van der Waals surface area contributed by atoms with E-state index in [1.807, 2.05) is 35.7 Å². The first-order valence-corrected chi connectivity index (χ1v) is 8.51. The molecule has 0 saturated carbocycles. The van der Waals surface area contributed by atoms with Crippen molar-refractivity contribution in [3.05, 3.63) is 59.7 Å². The quantitative estimate of drug-likeness (QED) is 0.592. The van der Waals surface area contributed by atoms with Gasteiger partial charge in [0.2, 0.25) is 4.96 Å². The Morgan fingerprint density at radius 2 is 1.96 bits per heavy atom. The molecule has 0 saturated heterocycles. The van der Waals surface area contributed by atoms with Crippen LogP contribution in [0.1, 0.15) is 5.82 Å². The molecule has 0 unspecified atom stereocenters. The Labute approximate surface area is 147 Å². The lowest BCUT2D eigenvalue weighted by Gasteiger charge is -2.06. The van der Waals surface area contributed by atoms with E-state index in [1.54, 1.807) is 29.8 Å². The molecule has 0 spiro atoms. The van der Waals surface area contributed by atoms with Gasteiger partial charge in [0.25, 0.3) is 0 Å². The standard InChI is InChI=1S/C18H15N3O3S/c1-23-13-7-8-16(22)14(9-13)15-11-25-18-19-17(20-21(15)18)10-24-12-5-3-2-4-6-12/h2-9,11,22H,10H2,1H3. The third kappa shape index (κ3) is 3.01. The van der Waals surface area contributed by atoms with Gasteiger partial charge in [0.05, 0.1) is 12.8 Å². The fourth-order valence-corrected chi connectivity index (χ4v) is 3.32. The number of fused-ring (bicyclic) bond motifs is 1. The molecule has 0 aliphatic heterocycles. The van der Waals surface area contributed by atoms with Crippen LogP contribution in [0.2, 0.25) is 0 Å². The average molecular weight is 353 g/mol. The molecule has 25 heavy (non-hydrogen) atoms. The normalized spacial score (nSPS) is 10.9. The number of phenols is 1. The first-order chi connectivity index (χ1) is 12.2. The van der Waals surface area contributed by atoms with Crippen LogP contribution in [0, 0.1) is 0 Å². The predicted molar refractivity (Wildman–Crippen MR) is 95.3 cm³/mol. The molecule has 1 N–H and O–H groups in total. The van der Waals surface area contributed by atoms with Crippen molar-refractivity contribution in [1.82, 2.24) is 14.6 Å². The highest BCUT2D eigenvalue weighted by molar-refractivity contribution is 7.15. The van der Waals surface area contributed by atoms with E-state index in [0.29, 0.717) is 17.1 Å². The lowest BCUT2D eigenvalue weighted by atomic mass is 10.1. The van der Waals surface area contributed by atoms with Crippen molar-refractivity contribution in [3.8, 4) is 28.5 Å². The summed E-state index contributed by atoms with van der Waals surface area (Å²) in [6, 6.07) is 14.6. The third-order valence-corrected chi connectivity index (χ3v) is 4.53. The number of ether oxygens (including phenoxy) is 2. The first kappa shape index (κ1) is 15.5. The maximum Gasteiger partial charge on any atom is 0.212 e. The lowest BCUT2D eigenvalue weighted by Crippen LogP contribution is -1.98. The number of hydrogen-bond donors (Lipinski definition) is 1. The molecular weight excluding hydrogens is 338 g/mol. The summed E-state index contributed by atoms with van der Waals surface area (Å²) in [5, 5.41) is 16.6. The summed E-state index contributed by atoms with van der Waals surface area (Å²) < 4.78 is 12.6. The van der Waals surface area contributed by atoms with Crippen LogP contribution in [0.15, 0.2) is 53.9 Å². The Kier molecular flexibility index (Phi) is 3.99. The number of methoxy groups -OCH3 is 1. The van der Waals surface area contributed by atoms with Crippen LogP contribution in [0.4, 0.5) is 0 Å². The topological polar surface area (TPSA) is 68.9 Å². The van der Waals surface area contributed by atoms with Gasteiger partial charge in [-0.05, 0) is 30.3 Å². The van der Waals surface area contributed by atoms with Crippen LogP contribution >= 0.6 is 11.3 Å². The van der Waals surface area contributed by atoms with E-state index in [1.165, 1.54) is 11.3 Å². The molecule has 2 heterocycles. The number of aromatic nitrogens is 3. The van der Waals surface area contributed by atoms with Crippen molar-refractivity contribution in [1.29, 1.82) is 0 Å². The number of nitrogens with zero attached hydrogens (tertiary/aromatic N) is 3. The van der Waals surface area contributed by atoms with E-state index in [-0.39, 0.29) is 12.4 Å². The molecule has 0 fully saturated rings. The molecule has 0 bridgehead atoms. The second-order valence-electron chi connectivity index (χ2n) is 5.33. The lowest BCUT2D eigenvalue weighted by molar-refractivity contribution is 0.296. The van der Waals surface area contributed by atoms with Crippen LogP contribution in [0.5, 0.6) is 17.2 Å². The second kappa shape index (κ2) is 6.45. The molecule has 2 aromatic carbocycles. The molecule has 0 radical (unpaired) electrons. The molecule has 4 aromatic rings. The Hall–Kier alpha value is -3.06. The predicted octanol–water partition coefficient (Wildman–Crippen LogP) is 3.75. The molecular formula is C18H15N3O3S. The largest absolute Gasteiger partial charge is 0.507 e. The van der Waals surface area contributed by atoms with Gasteiger partial charge in [-0.3, -0.25) is 0 Å². The number of benzene rings is 2. The van der Waals surface area contributed by atoms with Gasteiger partial charge in [0.1, 0.15) is 23.9 Å². The number of para-hydroxylation sites is 1. The van der Waals surface area contributed by atoms with Gasteiger partial charge in [-0.2, -0.15) is 4.98 Å². The van der Waals surface area contributed by atoms with Crippen molar-refractivity contribution < 1.29 is 14.6 Å². The van der Waals surface area contributed by atoms with Crippen molar-refractivity contribution in [2.45, 2.75) is 6.61 Å². The maximum atomic E-state index is 10.2. The van der Waals surface area contributed by atoms with E-state index < -0.39 is 0 Å². The van der Waals surface area contributed by atoms with Gasteiger partial charge in [-0.1, -0.05) is 18.2 Å². The molecule has 4 rings (SSSR count). The third-order valence-electron chi connectivity index (χ3n) is 3.72. The maximum absolute atomic E-state index is 10.2. The number of thiazole rings is 1. The van der Waals surface area contributed by atoms with Crippen molar-refractivity contribution >= 4 is 16.3 Å². The van der Waals surface area contributed by atoms with Crippen molar-refractivity contribution in [2.75, 3.05) is 7.11 Å². The molecule has 7 heteroatoms. The SMILES string of the molecule is COc1ccc(O)c(-c2csc3nc(COc4ccccc4)nn23)c1. The van der Waals surface area contributed by atoms with Crippen molar-refractivity contribution in [2.24, 2.45) is 0 Å². The molecule has 0 aliphatic rings. The van der Waals surface area contributed by atoms with E-state index in [2.05, 4.69) is 10.1 Å². The van der Waals surface area contributed by atoms with Crippen LogP contribution in [-0.4, -0.2) is 26.8 Å². The fraction of sp³-hybridized carbons (Fsp3) is 0.111. The zero-order chi connectivity index (χ0) is 17.2. The number of phenolic OH excluding ortho intramolecular Hbond substituents is 1. The summed E-state index contributed by atoms with van der Waals surface area (Å²) in [5.74, 6) is 2.18. The van der Waals surface area contributed by atoms with E-state index >= 15 is 0 Å². The highest BCUT2D eigenvalue weighted by Gasteiger charge is 2.15. The molecule has 0 aliphatic carbocycles. The molecule has 6 nitrogen and oxygen atoms in total. The van der Waals surface area contributed by atoms with Crippen LogP contribution in [-0.2, 0) is 6.61 Å².